The predicted molar refractivity (Wildman–Crippen MR) is 295 cm³/mol. The Kier molecular flexibility index (Phi) is 8.65. The second kappa shape index (κ2) is 14.9. The van der Waals surface area contributed by atoms with Crippen LogP contribution in [0.5, 0.6) is 11.5 Å². The lowest BCUT2D eigenvalue weighted by Crippen LogP contribution is -2.60. The molecule has 1 aromatic heterocycles. The zero-order valence-corrected chi connectivity index (χ0v) is 40.3. The van der Waals surface area contributed by atoms with Gasteiger partial charge in [0.25, 0.3) is 6.71 Å². The number of hydrogen-bond donors (Lipinski definition) is 0. The standard InChI is InChI=1S/C65H50BN3O/c1-39-19-27-44(28-20-39)67(45-29-21-40(2)22-30-45)47-36-58-62-59(37-47)70-64-54(66(62)53-35-42(4)25-33-56(53)68(58)46-31-23-41(3)24-32-46)38-52-61(49-15-9-11-17-51(49)65(52,5)6)63(64)69-55-18-12-10-16-50(55)60-48-14-8-7-13-43(48)26-34-57(60)69/h7-38H,1-6H3. The summed E-state index contributed by atoms with van der Waals surface area (Å²) >= 11 is 0. The van der Waals surface area contributed by atoms with Gasteiger partial charge in [-0.2, -0.15) is 0 Å². The van der Waals surface area contributed by atoms with Crippen LogP contribution in [0.2, 0.25) is 0 Å². The molecule has 0 radical (unpaired) electrons. The Balaban J connectivity index is 1.14. The summed E-state index contributed by atoms with van der Waals surface area (Å²) in [5.74, 6) is 1.76. The highest BCUT2D eigenvalue weighted by Gasteiger charge is 2.47. The Morgan fingerprint density at radius 2 is 1.14 bits per heavy atom. The van der Waals surface area contributed by atoms with Crippen LogP contribution in [0.3, 0.4) is 0 Å². The van der Waals surface area contributed by atoms with E-state index in [0.717, 1.165) is 56.7 Å². The van der Waals surface area contributed by atoms with E-state index in [1.165, 1.54) is 88.1 Å². The van der Waals surface area contributed by atoms with Crippen LogP contribution in [-0.2, 0) is 5.41 Å². The molecule has 0 bridgehead atoms. The van der Waals surface area contributed by atoms with Crippen molar-refractivity contribution < 1.29 is 4.74 Å². The van der Waals surface area contributed by atoms with Crippen molar-refractivity contribution in [2.24, 2.45) is 0 Å². The van der Waals surface area contributed by atoms with Crippen LogP contribution in [0.4, 0.5) is 34.1 Å². The number of hydrogen-bond acceptors (Lipinski definition) is 3. The summed E-state index contributed by atoms with van der Waals surface area (Å²) in [5, 5.41) is 4.96. The van der Waals surface area contributed by atoms with E-state index in [2.05, 4.69) is 250 Å². The molecule has 0 spiro atoms. The highest BCUT2D eigenvalue weighted by atomic mass is 16.5. The first kappa shape index (κ1) is 40.8. The van der Waals surface area contributed by atoms with Gasteiger partial charge in [0.05, 0.1) is 22.4 Å². The number of aromatic nitrogens is 1. The van der Waals surface area contributed by atoms with Crippen LogP contribution in [-0.4, -0.2) is 11.3 Å². The van der Waals surface area contributed by atoms with Crippen LogP contribution in [0.25, 0.3) is 49.4 Å². The van der Waals surface area contributed by atoms with Crippen LogP contribution in [0.15, 0.2) is 194 Å². The molecule has 2 aliphatic heterocycles. The summed E-state index contributed by atoms with van der Waals surface area (Å²) in [4.78, 5) is 4.87. The fraction of sp³-hybridized carbons (Fsp3) is 0.108. The Hall–Kier alpha value is -8.28. The van der Waals surface area contributed by atoms with Crippen molar-refractivity contribution in [2.75, 3.05) is 9.80 Å². The quantitative estimate of drug-likeness (QED) is 0.161. The molecule has 5 heteroatoms. The average Bonchev–Trinajstić information content (AvgIpc) is 3.83. The Bertz CT molecular complexity index is 3950. The fourth-order valence-electron chi connectivity index (χ4n) is 12.3. The molecule has 70 heavy (non-hydrogen) atoms. The minimum absolute atomic E-state index is 0.135. The Labute approximate surface area is 409 Å². The number of fused-ring (bicyclic) bond motifs is 12. The monoisotopic (exact) mass is 899 g/mol. The van der Waals surface area contributed by atoms with Crippen LogP contribution in [0, 0.1) is 27.7 Å². The molecule has 0 atom stereocenters. The minimum atomic E-state index is -0.283. The van der Waals surface area contributed by atoms with Crippen molar-refractivity contribution in [3.63, 3.8) is 0 Å². The Morgan fingerprint density at radius 3 is 1.89 bits per heavy atom. The van der Waals surface area contributed by atoms with Gasteiger partial charge in [-0.05, 0) is 132 Å². The first-order chi connectivity index (χ1) is 34.1. The molecule has 3 heterocycles. The van der Waals surface area contributed by atoms with E-state index >= 15 is 0 Å². The van der Waals surface area contributed by atoms with Gasteiger partial charge in [-0.3, -0.25) is 0 Å². The van der Waals surface area contributed by atoms with Gasteiger partial charge in [0, 0.05) is 56.3 Å². The molecule has 0 amide bonds. The van der Waals surface area contributed by atoms with Gasteiger partial charge in [-0.15, -0.1) is 0 Å². The topological polar surface area (TPSA) is 20.6 Å². The van der Waals surface area contributed by atoms with Crippen molar-refractivity contribution in [2.45, 2.75) is 47.0 Å². The smallest absolute Gasteiger partial charge is 0.256 e. The van der Waals surface area contributed by atoms with Gasteiger partial charge < -0.3 is 19.1 Å². The molecule has 1 aliphatic carbocycles. The van der Waals surface area contributed by atoms with E-state index in [4.69, 9.17) is 4.74 Å². The van der Waals surface area contributed by atoms with Crippen molar-refractivity contribution >= 4 is 89.8 Å². The highest BCUT2D eigenvalue weighted by Crippen LogP contribution is 2.56. The molecule has 3 aliphatic rings. The number of nitrogens with zero attached hydrogens (tertiary/aromatic N) is 3. The summed E-state index contributed by atoms with van der Waals surface area (Å²) in [7, 11) is 0. The Morgan fingerprint density at radius 1 is 0.500 bits per heavy atom. The lowest BCUT2D eigenvalue weighted by molar-refractivity contribution is 0.485. The van der Waals surface area contributed by atoms with Gasteiger partial charge in [0.1, 0.15) is 11.5 Å². The number of anilines is 6. The maximum atomic E-state index is 7.95. The average molecular weight is 900 g/mol. The molecule has 0 saturated carbocycles. The third-order valence-electron chi connectivity index (χ3n) is 15.6. The second-order valence-electron chi connectivity index (χ2n) is 20.4. The molecule has 4 nitrogen and oxygen atoms in total. The third-order valence-corrected chi connectivity index (χ3v) is 15.6. The number of aryl methyl sites for hydroxylation is 4. The lowest BCUT2D eigenvalue weighted by atomic mass is 9.33. The molecule has 0 fully saturated rings. The maximum absolute atomic E-state index is 7.95. The summed E-state index contributed by atoms with van der Waals surface area (Å²) in [6, 6.07) is 72.6. The minimum Gasteiger partial charge on any atom is -0.456 e. The first-order valence-corrected chi connectivity index (χ1v) is 24.6. The lowest BCUT2D eigenvalue weighted by Gasteiger charge is -2.42. The molecule has 334 valence electrons. The number of benzene rings is 10. The number of ether oxygens (including phenoxy) is 1. The second-order valence-corrected chi connectivity index (χ2v) is 20.4. The summed E-state index contributed by atoms with van der Waals surface area (Å²) in [5.41, 5.74) is 23.4. The predicted octanol–water partition coefficient (Wildman–Crippen LogP) is 15.4. The van der Waals surface area contributed by atoms with E-state index in [1.807, 2.05) is 0 Å². The summed E-state index contributed by atoms with van der Waals surface area (Å²) in [6.07, 6.45) is 0. The van der Waals surface area contributed by atoms with Crippen LogP contribution < -0.4 is 30.9 Å². The highest BCUT2D eigenvalue weighted by molar-refractivity contribution is 6.99. The molecule has 14 rings (SSSR count). The van der Waals surface area contributed by atoms with E-state index in [0.29, 0.717) is 0 Å². The van der Waals surface area contributed by atoms with E-state index in [-0.39, 0.29) is 12.1 Å². The molecular weight excluding hydrogens is 850 g/mol. The van der Waals surface area contributed by atoms with Gasteiger partial charge in [-0.25, -0.2) is 0 Å². The zero-order chi connectivity index (χ0) is 47.2. The number of rotatable bonds is 5. The van der Waals surface area contributed by atoms with Crippen LogP contribution >= 0.6 is 0 Å². The first-order valence-electron chi connectivity index (χ1n) is 24.6. The fourth-order valence-corrected chi connectivity index (χ4v) is 12.3. The van der Waals surface area contributed by atoms with Gasteiger partial charge in [0.2, 0.25) is 0 Å². The van der Waals surface area contributed by atoms with Crippen molar-refractivity contribution in [1.82, 2.24) is 4.57 Å². The van der Waals surface area contributed by atoms with Gasteiger partial charge in [0.15, 0.2) is 0 Å². The largest absolute Gasteiger partial charge is 0.456 e. The molecule has 0 N–H and O–H groups in total. The van der Waals surface area contributed by atoms with Gasteiger partial charge >= 0.3 is 0 Å². The SMILES string of the molecule is Cc1ccc(N(c2ccc(C)cc2)c2cc3c4c(c2)N(c2ccc(C)cc2)c2ccc(C)cc2B4c2cc4c(c(-n5c6ccccc6c6c7ccccc7ccc65)c2O3)-c2ccccc2C4(C)C)cc1. The molecule has 0 saturated heterocycles. The van der Waals surface area contributed by atoms with E-state index in [9.17, 15) is 0 Å². The zero-order valence-electron chi connectivity index (χ0n) is 40.3. The van der Waals surface area contributed by atoms with Crippen molar-refractivity contribution in [1.29, 1.82) is 0 Å². The summed E-state index contributed by atoms with van der Waals surface area (Å²) in [6.45, 7) is 13.4. The van der Waals surface area contributed by atoms with Crippen molar-refractivity contribution in [3.05, 3.63) is 228 Å². The van der Waals surface area contributed by atoms with Gasteiger partial charge in [-0.1, -0.05) is 163 Å². The van der Waals surface area contributed by atoms with Crippen LogP contribution in [0.1, 0.15) is 47.2 Å². The summed E-state index contributed by atoms with van der Waals surface area (Å²) < 4.78 is 10.5. The normalized spacial score (nSPS) is 13.7. The van der Waals surface area contributed by atoms with E-state index < -0.39 is 0 Å². The van der Waals surface area contributed by atoms with Crippen molar-refractivity contribution in [3.8, 4) is 28.3 Å². The molecule has 11 aromatic rings. The molecule has 10 aromatic carbocycles. The molecule has 0 unspecified atom stereocenters. The van der Waals surface area contributed by atoms with E-state index in [1.54, 1.807) is 0 Å². The third kappa shape index (κ3) is 5.78. The molecular formula is C65H50BN3O. The maximum Gasteiger partial charge on any atom is 0.256 e. The number of para-hydroxylation sites is 1.